The molecule has 0 N–H and O–H groups in total. The maximum absolute atomic E-state index is 12.6. The summed E-state index contributed by atoms with van der Waals surface area (Å²) < 4.78 is 6.39. The van der Waals surface area contributed by atoms with Crippen LogP contribution in [0, 0.1) is 22.7 Å². The molecule has 9 nitrogen and oxygen atoms in total. The molecule has 1 unspecified atom stereocenters. The fourth-order valence-corrected chi connectivity index (χ4v) is 7.19. The molecule has 2 aromatic carbocycles. The Bertz CT molecular complexity index is 1670. The number of anilines is 2. The van der Waals surface area contributed by atoms with E-state index in [9.17, 15) is 15.3 Å². The van der Waals surface area contributed by atoms with Gasteiger partial charge in [-0.15, -0.1) is 0 Å². The Morgan fingerprint density at radius 2 is 1.93 bits per heavy atom. The van der Waals surface area contributed by atoms with Crippen molar-refractivity contribution in [1.82, 2.24) is 14.8 Å². The summed E-state index contributed by atoms with van der Waals surface area (Å²) in [4.78, 5) is 26.1. The number of carbonyl (C=O) groups is 1. The largest absolute Gasteiger partial charge is 0.475 e. The number of likely N-dealkylation sites (N-methyl/N-ethyl adjacent to an activating group) is 1. The van der Waals surface area contributed by atoms with E-state index in [-0.39, 0.29) is 24.4 Å². The second-order valence-corrected chi connectivity index (χ2v) is 12.2. The van der Waals surface area contributed by atoms with Crippen LogP contribution in [-0.2, 0) is 17.8 Å². The van der Waals surface area contributed by atoms with Gasteiger partial charge >= 0.3 is 0 Å². The third-order valence-corrected chi connectivity index (χ3v) is 9.59. The number of amides is 1. The zero-order chi connectivity index (χ0) is 30.8. The lowest BCUT2D eigenvalue weighted by atomic mass is 9.94. The SMILES string of the molecule is C=CC(=O)N1CCN(c2nc(OC[C@@H]3CCCN3C)c(C#N)c3c2CCN(c2cccc4cccc(Cl)c24)C3)CC1CC#N. The standard InChI is InChI=1S/C34H36ClN7O2/c1-3-31(43)42-18-17-41(20-24(42)12-14-36)33-26-13-16-40(30-11-5-8-23-7-4-10-29(35)32(23)30)21-28(26)27(19-37)34(38-33)44-22-25-9-6-15-39(25)2/h3-5,7-8,10-11,24-25H,1,6,9,12-13,15-18,20-22H2,2H3/t24?,25-/m0/s1. The second-order valence-electron chi connectivity index (χ2n) is 11.8. The Kier molecular flexibility index (Phi) is 8.61. The van der Waals surface area contributed by atoms with Crippen molar-refractivity contribution in [1.29, 1.82) is 10.5 Å². The van der Waals surface area contributed by atoms with Crippen LogP contribution in [0.25, 0.3) is 10.8 Å². The molecule has 3 aliphatic heterocycles. The number of pyridine rings is 1. The molecule has 3 aliphatic rings. The monoisotopic (exact) mass is 609 g/mol. The van der Waals surface area contributed by atoms with Crippen LogP contribution in [0.3, 0.4) is 0 Å². The third kappa shape index (κ3) is 5.54. The molecule has 44 heavy (non-hydrogen) atoms. The van der Waals surface area contributed by atoms with Crippen molar-refractivity contribution in [3.63, 3.8) is 0 Å². The number of benzene rings is 2. The van der Waals surface area contributed by atoms with E-state index < -0.39 is 0 Å². The van der Waals surface area contributed by atoms with Gasteiger partial charge in [-0.3, -0.25) is 4.79 Å². The molecule has 4 heterocycles. The minimum Gasteiger partial charge on any atom is -0.475 e. The molecule has 0 spiro atoms. The molecule has 2 fully saturated rings. The fraction of sp³-hybridized carbons (Fsp3) is 0.412. The summed E-state index contributed by atoms with van der Waals surface area (Å²) in [5, 5.41) is 22.8. The summed E-state index contributed by atoms with van der Waals surface area (Å²) in [5.74, 6) is 0.951. The Balaban J connectivity index is 1.41. The molecule has 226 valence electrons. The number of hydrogen-bond acceptors (Lipinski definition) is 8. The Morgan fingerprint density at radius 1 is 1.11 bits per heavy atom. The third-order valence-electron chi connectivity index (χ3n) is 9.27. The number of likely N-dealkylation sites (tertiary alicyclic amines) is 1. The minimum atomic E-state index is -0.290. The van der Waals surface area contributed by atoms with E-state index >= 15 is 0 Å². The zero-order valence-electron chi connectivity index (χ0n) is 25.0. The van der Waals surface area contributed by atoms with Gasteiger partial charge in [-0.25, -0.2) is 0 Å². The molecule has 3 aromatic rings. The van der Waals surface area contributed by atoms with Crippen LogP contribution >= 0.6 is 11.6 Å². The van der Waals surface area contributed by atoms with Crippen molar-refractivity contribution in [2.75, 3.05) is 56.2 Å². The van der Waals surface area contributed by atoms with Gasteiger partial charge in [-0.1, -0.05) is 42.4 Å². The molecule has 2 atom stereocenters. The lowest BCUT2D eigenvalue weighted by Crippen LogP contribution is -2.55. The van der Waals surface area contributed by atoms with Gasteiger partial charge in [0.25, 0.3) is 0 Å². The topological polar surface area (TPSA) is 99.7 Å². The Morgan fingerprint density at radius 3 is 2.66 bits per heavy atom. The van der Waals surface area contributed by atoms with E-state index in [1.165, 1.54) is 6.08 Å². The number of fused-ring (bicyclic) bond motifs is 2. The van der Waals surface area contributed by atoms with Crippen molar-refractivity contribution >= 4 is 39.8 Å². The molecular weight excluding hydrogens is 574 g/mol. The maximum atomic E-state index is 12.6. The molecular formula is C34H36ClN7O2. The van der Waals surface area contributed by atoms with Gasteiger partial charge in [0.1, 0.15) is 24.1 Å². The van der Waals surface area contributed by atoms with E-state index in [1.54, 1.807) is 4.90 Å². The summed E-state index contributed by atoms with van der Waals surface area (Å²) in [6.07, 6.45) is 4.35. The first-order chi connectivity index (χ1) is 21.4. The van der Waals surface area contributed by atoms with Crippen molar-refractivity contribution in [3.8, 4) is 18.0 Å². The minimum absolute atomic E-state index is 0.172. The molecule has 0 radical (unpaired) electrons. The lowest BCUT2D eigenvalue weighted by molar-refractivity contribution is -0.128. The van der Waals surface area contributed by atoms with Crippen molar-refractivity contribution in [3.05, 3.63) is 70.8 Å². The highest BCUT2D eigenvalue weighted by atomic mass is 35.5. The number of nitrogens with zero attached hydrogens (tertiary/aromatic N) is 7. The summed E-state index contributed by atoms with van der Waals surface area (Å²) >= 11 is 6.71. The summed E-state index contributed by atoms with van der Waals surface area (Å²) in [6.45, 7) is 7.84. The molecule has 0 saturated carbocycles. The second kappa shape index (κ2) is 12.7. The number of halogens is 1. The highest BCUT2D eigenvalue weighted by molar-refractivity contribution is 6.36. The van der Waals surface area contributed by atoms with Crippen LogP contribution in [0.2, 0.25) is 5.02 Å². The highest BCUT2D eigenvalue weighted by Crippen LogP contribution is 2.40. The number of hydrogen-bond donors (Lipinski definition) is 0. The maximum Gasteiger partial charge on any atom is 0.246 e. The van der Waals surface area contributed by atoms with E-state index in [4.69, 9.17) is 21.3 Å². The van der Waals surface area contributed by atoms with Gasteiger partial charge in [0.2, 0.25) is 11.8 Å². The number of nitriles is 2. The van der Waals surface area contributed by atoms with Gasteiger partial charge in [0.15, 0.2) is 0 Å². The zero-order valence-corrected chi connectivity index (χ0v) is 25.8. The number of piperazine rings is 1. The van der Waals surface area contributed by atoms with Gasteiger partial charge in [-0.2, -0.15) is 15.5 Å². The first kappa shape index (κ1) is 29.7. The molecule has 2 saturated heterocycles. The van der Waals surface area contributed by atoms with Gasteiger partial charge in [-0.05, 0) is 56.4 Å². The molecule has 0 aliphatic carbocycles. The Hall–Kier alpha value is -4.31. The molecule has 10 heteroatoms. The predicted molar refractivity (Wildman–Crippen MR) is 172 cm³/mol. The molecule has 1 amide bonds. The summed E-state index contributed by atoms with van der Waals surface area (Å²) in [5.41, 5.74) is 3.42. The van der Waals surface area contributed by atoms with Crippen LogP contribution in [0.5, 0.6) is 5.88 Å². The van der Waals surface area contributed by atoms with Crippen LogP contribution in [-0.4, -0.2) is 79.2 Å². The fourth-order valence-electron chi connectivity index (χ4n) is 6.92. The number of carbonyl (C=O) groups excluding carboxylic acids is 1. The lowest BCUT2D eigenvalue weighted by Gasteiger charge is -2.42. The normalized spacial score (nSPS) is 20.2. The van der Waals surface area contributed by atoms with Gasteiger partial charge in [0, 0.05) is 61.0 Å². The van der Waals surface area contributed by atoms with Crippen molar-refractivity contribution < 1.29 is 9.53 Å². The summed E-state index contributed by atoms with van der Waals surface area (Å²) in [7, 11) is 2.10. The number of rotatable bonds is 7. The van der Waals surface area contributed by atoms with Crippen LogP contribution < -0.4 is 14.5 Å². The van der Waals surface area contributed by atoms with Crippen LogP contribution in [0.1, 0.15) is 36.0 Å². The van der Waals surface area contributed by atoms with E-state index in [1.807, 2.05) is 18.2 Å². The smallest absolute Gasteiger partial charge is 0.246 e. The van der Waals surface area contributed by atoms with Crippen molar-refractivity contribution in [2.24, 2.45) is 0 Å². The highest BCUT2D eigenvalue weighted by Gasteiger charge is 2.35. The summed E-state index contributed by atoms with van der Waals surface area (Å²) in [6, 6.07) is 16.8. The molecule has 1 aromatic heterocycles. The number of ether oxygens (including phenoxy) is 1. The van der Waals surface area contributed by atoms with E-state index in [0.29, 0.717) is 55.7 Å². The van der Waals surface area contributed by atoms with Crippen LogP contribution in [0.15, 0.2) is 49.1 Å². The quantitative estimate of drug-likeness (QED) is 0.348. The molecule has 6 rings (SSSR count). The van der Waals surface area contributed by atoms with E-state index in [0.717, 1.165) is 59.3 Å². The van der Waals surface area contributed by atoms with Gasteiger partial charge in [0.05, 0.1) is 23.6 Å². The Labute approximate surface area is 263 Å². The van der Waals surface area contributed by atoms with Crippen LogP contribution in [0.4, 0.5) is 11.5 Å². The average Bonchev–Trinajstić information content (AvgIpc) is 3.46. The first-order valence-electron chi connectivity index (χ1n) is 15.2. The molecule has 0 bridgehead atoms. The average molecular weight is 610 g/mol. The predicted octanol–water partition coefficient (Wildman–Crippen LogP) is 4.91. The van der Waals surface area contributed by atoms with Crippen molar-refractivity contribution in [2.45, 2.75) is 44.3 Å². The van der Waals surface area contributed by atoms with E-state index in [2.05, 4.69) is 58.7 Å². The van der Waals surface area contributed by atoms with Gasteiger partial charge < -0.3 is 24.3 Å². The first-order valence-corrected chi connectivity index (χ1v) is 15.6. The number of aromatic nitrogens is 1.